The Morgan fingerprint density at radius 1 is 1.07 bits per heavy atom. The first-order valence-electron chi connectivity index (χ1n) is 7.67. The molecule has 0 aliphatic heterocycles. The van der Waals surface area contributed by atoms with Crippen molar-refractivity contribution < 1.29 is 9.53 Å². The summed E-state index contributed by atoms with van der Waals surface area (Å²) in [5.41, 5.74) is 1.49. The van der Waals surface area contributed by atoms with Crippen molar-refractivity contribution in [3.8, 4) is 17.0 Å². The molecule has 4 nitrogen and oxygen atoms in total. The highest BCUT2D eigenvalue weighted by Crippen LogP contribution is 2.31. The van der Waals surface area contributed by atoms with Gasteiger partial charge in [0.1, 0.15) is 5.75 Å². The first-order valence-corrected chi connectivity index (χ1v) is 10.1. The summed E-state index contributed by atoms with van der Waals surface area (Å²) in [4.78, 5) is 16.8. The van der Waals surface area contributed by atoms with Gasteiger partial charge in [-0.3, -0.25) is 10.1 Å². The Morgan fingerprint density at radius 3 is 2.56 bits per heavy atom. The summed E-state index contributed by atoms with van der Waals surface area (Å²) < 4.78 is 5.60. The van der Waals surface area contributed by atoms with Gasteiger partial charge in [0, 0.05) is 16.0 Å². The topological polar surface area (TPSA) is 51.2 Å². The summed E-state index contributed by atoms with van der Waals surface area (Å²) in [6.07, 6.45) is -0.777. The molecule has 0 fully saturated rings. The maximum atomic E-state index is 12.4. The molecule has 3 aromatic rings. The van der Waals surface area contributed by atoms with E-state index in [0.29, 0.717) is 36.7 Å². The van der Waals surface area contributed by atoms with Crippen molar-refractivity contribution >= 4 is 68.8 Å². The molecule has 1 amide bonds. The number of aromatic nitrogens is 1. The normalized spacial score (nSPS) is 11.9. The zero-order valence-electron chi connectivity index (χ0n) is 13.8. The van der Waals surface area contributed by atoms with Crippen LogP contribution in [0.5, 0.6) is 5.75 Å². The first-order chi connectivity index (χ1) is 12.8. The lowest BCUT2D eigenvalue weighted by atomic mass is 10.2. The quantitative estimate of drug-likeness (QED) is 0.452. The highest BCUT2D eigenvalue weighted by atomic mass is 35.5. The number of amides is 1. The molecular formula is C18H12Cl4N2O2S. The van der Waals surface area contributed by atoms with Gasteiger partial charge in [-0.1, -0.05) is 52.5 Å². The zero-order chi connectivity index (χ0) is 19.6. The number of carbonyl (C=O) groups is 1. The van der Waals surface area contributed by atoms with E-state index in [1.165, 1.54) is 11.3 Å². The monoisotopic (exact) mass is 460 g/mol. The van der Waals surface area contributed by atoms with Crippen LogP contribution in [-0.2, 0) is 4.79 Å². The molecule has 0 aliphatic carbocycles. The lowest BCUT2D eigenvalue weighted by molar-refractivity contribution is -0.122. The Hall–Kier alpha value is -1.50. The second kappa shape index (κ2) is 8.67. The highest BCUT2D eigenvalue weighted by molar-refractivity contribution is 7.14. The van der Waals surface area contributed by atoms with Crippen LogP contribution in [0.2, 0.25) is 20.1 Å². The van der Waals surface area contributed by atoms with Crippen molar-refractivity contribution in [2.75, 3.05) is 5.32 Å². The Balaban J connectivity index is 1.67. The maximum Gasteiger partial charge on any atom is 0.266 e. The van der Waals surface area contributed by atoms with E-state index >= 15 is 0 Å². The average Bonchev–Trinajstić information content (AvgIpc) is 3.08. The van der Waals surface area contributed by atoms with Crippen LogP contribution < -0.4 is 10.1 Å². The molecule has 140 valence electrons. The summed E-state index contributed by atoms with van der Waals surface area (Å²) in [6.45, 7) is 1.62. The molecule has 0 bridgehead atoms. The summed E-state index contributed by atoms with van der Waals surface area (Å²) in [6, 6.07) is 10.0. The van der Waals surface area contributed by atoms with E-state index in [1.807, 2.05) is 11.4 Å². The first kappa shape index (κ1) is 20.2. The van der Waals surface area contributed by atoms with Crippen LogP contribution in [-0.4, -0.2) is 17.0 Å². The minimum atomic E-state index is -0.777. The van der Waals surface area contributed by atoms with Gasteiger partial charge in [0.15, 0.2) is 11.2 Å². The number of nitrogens with one attached hydrogen (secondary N) is 1. The molecule has 0 aliphatic rings. The molecule has 0 saturated carbocycles. The Kier molecular flexibility index (Phi) is 6.50. The number of hydrogen-bond donors (Lipinski definition) is 1. The van der Waals surface area contributed by atoms with Crippen molar-refractivity contribution in [3.63, 3.8) is 0 Å². The van der Waals surface area contributed by atoms with Crippen LogP contribution in [0.15, 0.2) is 41.8 Å². The number of halogens is 4. The number of rotatable bonds is 5. The van der Waals surface area contributed by atoms with Gasteiger partial charge >= 0.3 is 0 Å². The van der Waals surface area contributed by atoms with Crippen LogP contribution in [0.3, 0.4) is 0 Å². The van der Waals surface area contributed by atoms with Crippen LogP contribution in [0.4, 0.5) is 5.13 Å². The van der Waals surface area contributed by atoms with E-state index < -0.39 is 6.10 Å². The second-order valence-electron chi connectivity index (χ2n) is 5.49. The third-order valence-corrected chi connectivity index (χ3v) is 5.54. The van der Waals surface area contributed by atoms with E-state index in [4.69, 9.17) is 51.1 Å². The molecule has 9 heteroatoms. The fraction of sp³-hybridized carbons (Fsp3) is 0.111. The standard InChI is InChI=1S/C18H12Cl4N2O2S/c1-9(26-16-5-3-11(19)7-14(16)22)17(25)24-18-23-15(8-27-18)10-2-4-12(20)13(21)6-10/h2-9H,1H3,(H,23,24,25). The van der Waals surface area contributed by atoms with Crippen LogP contribution in [0.25, 0.3) is 11.3 Å². The minimum absolute atomic E-state index is 0.332. The molecule has 1 heterocycles. The molecule has 3 rings (SSSR count). The van der Waals surface area contributed by atoms with Gasteiger partial charge in [-0.15, -0.1) is 11.3 Å². The molecule has 1 unspecified atom stereocenters. The zero-order valence-corrected chi connectivity index (χ0v) is 17.6. The van der Waals surface area contributed by atoms with Crippen molar-refractivity contribution in [3.05, 3.63) is 61.9 Å². The van der Waals surface area contributed by atoms with Gasteiger partial charge in [0.05, 0.1) is 20.8 Å². The van der Waals surface area contributed by atoms with Crippen molar-refractivity contribution in [1.29, 1.82) is 0 Å². The predicted molar refractivity (Wildman–Crippen MR) is 113 cm³/mol. The number of anilines is 1. The molecule has 1 atom stereocenters. The van der Waals surface area contributed by atoms with E-state index in [2.05, 4.69) is 10.3 Å². The number of hydrogen-bond acceptors (Lipinski definition) is 4. The number of thiazole rings is 1. The van der Waals surface area contributed by atoms with E-state index in [9.17, 15) is 4.79 Å². The Bertz CT molecular complexity index is 993. The van der Waals surface area contributed by atoms with Gasteiger partial charge in [0.25, 0.3) is 5.91 Å². The molecule has 27 heavy (non-hydrogen) atoms. The third kappa shape index (κ3) is 5.06. The van der Waals surface area contributed by atoms with Crippen molar-refractivity contribution in [2.24, 2.45) is 0 Å². The smallest absolute Gasteiger partial charge is 0.266 e. The Labute approximate surface area is 180 Å². The number of ether oxygens (including phenoxy) is 1. The fourth-order valence-corrected chi connectivity index (χ4v) is 3.61. The minimum Gasteiger partial charge on any atom is -0.479 e. The molecule has 2 aromatic carbocycles. The van der Waals surface area contributed by atoms with Crippen molar-refractivity contribution in [2.45, 2.75) is 13.0 Å². The van der Waals surface area contributed by atoms with Gasteiger partial charge in [0.2, 0.25) is 0 Å². The number of benzene rings is 2. The van der Waals surface area contributed by atoms with E-state index in [1.54, 1.807) is 37.3 Å². The van der Waals surface area contributed by atoms with Crippen LogP contribution in [0, 0.1) is 0 Å². The largest absolute Gasteiger partial charge is 0.479 e. The lowest BCUT2D eigenvalue weighted by Gasteiger charge is -2.14. The van der Waals surface area contributed by atoms with Gasteiger partial charge < -0.3 is 4.74 Å². The highest BCUT2D eigenvalue weighted by Gasteiger charge is 2.18. The van der Waals surface area contributed by atoms with Gasteiger partial charge in [-0.25, -0.2) is 4.98 Å². The van der Waals surface area contributed by atoms with E-state index in [0.717, 1.165) is 5.56 Å². The molecule has 1 N–H and O–H groups in total. The maximum absolute atomic E-state index is 12.4. The van der Waals surface area contributed by atoms with Crippen molar-refractivity contribution in [1.82, 2.24) is 4.98 Å². The molecule has 0 radical (unpaired) electrons. The SMILES string of the molecule is CC(Oc1ccc(Cl)cc1Cl)C(=O)Nc1nc(-c2ccc(Cl)c(Cl)c2)cs1. The average molecular weight is 462 g/mol. The summed E-state index contributed by atoms with van der Waals surface area (Å²) in [5.74, 6) is 0.0235. The third-order valence-electron chi connectivity index (χ3n) is 3.52. The number of nitrogens with zero attached hydrogens (tertiary/aromatic N) is 1. The van der Waals surface area contributed by atoms with Gasteiger partial charge in [-0.2, -0.15) is 0 Å². The fourth-order valence-electron chi connectivity index (χ4n) is 2.14. The van der Waals surface area contributed by atoms with Crippen LogP contribution >= 0.6 is 57.7 Å². The molecule has 1 aromatic heterocycles. The molecule has 0 spiro atoms. The predicted octanol–water partition coefficient (Wildman–Crippen LogP) is 6.83. The van der Waals surface area contributed by atoms with Crippen LogP contribution in [0.1, 0.15) is 6.92 Å². The molecular weight excluding hydrogens is 450 g/mol. The summed E-state index contributed by atoms with van der Waals surface area (Å²) >= 11 is 25.2. The summed E-state index contributed by atoms with van der Waals surface area (Å²) in [5, 5.41) is 6.71. The lowest BCUT2D eigenvalue weighted by Crippen LogP contribution is -2.30. The van der Waals surface area contributed by atoms with Gasteiger partial charge in [-0.05, 0) is 37.3 Å². The summed E-state index contributed by atoms with van der Waals surface area (Å²) in [7, 11) is 0. The molecule has 0 saturated heterocycles. The Morgan fingerprint density at radius 2 is 1.85 bits per heavy atom. The number of carbonyl (C=O) groups excluding carboxylic acids is 1. The van der Waals surface area contributed by atoms with E-state index in [-0.39, 0.29) is 5.91 Å². The second-order valence-corrected chi connectivity index (χ2v) is 8.01.